The number of carboxylic acid groups (broad SMARTS) is 1. The fraction of sp³-hybridized carbons (Fsp3) is 0.381. The molecule has 0 atom stereocenters. The molecule has 132 valence electrons. The van der Waals surface area contributed by atoms with Crippen molar-refractivity contribution in [2.45, 2.75) is 52.4 Å². The van der Waals surface area contributed by atoms with Crippen LogP contribution < -0.4 is 0 Å². The van der Waals surface area contributed by atoms with Crippen molar-refractivity contribution in [3.8, 4) is 11.1 Å². The van der Waals surface area contributed by atoms with Crippen LogP contribution in [-0.2, 0) is 11.2 Å². The molecule has 0 bridgehead atoms. The molecule has 2 aromatic carbocycles. The molecule has 0 unspecified atom stereocenters. The topological polar surface area (TPSA) is 37.3 Å². The van der Waals surface area contributed by atoms with E-state index in [0.717, 1.165) is 35.1 Å². The number of carboxylic acids is 1. The van der Waals surface area contributed by atoms with Crippen molar-refractivity contribution < 1.29 is 18.7 Å². The summed E-state index contributed by atoms with van der Waals surface area (Å²) in [5, 5.41) is 8.91. The van der Waals surface area contributed by atoms with Crippen LogP contribution in [0.2, 0.25) is 0 Å². The number of halogens is 2. The summed E-state index contributed by atoms with van der Waals surface area (Å²) in [6.45, 7) is 5.83. The summed E-state index contributed by atoms with van der Waals surface area (Å²) in [5.41, 5.74) is 4.57. The first-order valence-corrected chi connectivity index (χ1v) is 8.60. The second-order valence-corrected chi connectivity index (χ2v) is 7.06. The third-order valence-corrected chi connectivity index (χ3v) is 4.87. The van der Waals surface area contributed by atoms with E-state index in [1.165, 1.54) is 0 Å². The Kier molecular flexibility index (Phi) is 4.63. The molecule has 0 aromatic heterocycles. The zero-order valence-corrected chi connectivity index (χ0v) is 14.7. The lowest BCUT2D eigenvalue weighted by atomic mass is 9.89. The van der Waals surface area contributed by atoms with Crippen LogP contribution in [0.1, 0.15) is 53.0 Å². The van der Waals surface area contributed by atoms with Crippen LogP contribution in [0.25, 0.3) is 11.1 Å². The molecule has 1 aliphatic rings. The highest BCUT2D eigenvalue weighted by Gasteiger charge is 2.31. The van der Waals surface area contributed by atoms with E-state index in [1.54, 1.807) is 6.07 Å². The molecular formula is C21H22F2O2. The van der Waals surface area contributed by atoms with E-state index in [1.807, 2.05) is 32.9 Å². The number of hydrogen-bond donors (Lipinski definition) is 1. The molecule has 1 aliphatic carbocycles. The van der Waals surface area contributed by atoms with Crippen molar-refractivity contribution in [1.82, 2.24) is 0 Å². The number of aryl methyl sites for hydroxylation is 3. The predicted molar refractivity (Wildman–Crippen MR) is 93.9 cm³/mol. The Hall–Kier alpha value is -2.23. The lowest BCUT2D eigenvalue weighted by Gasteiger charge is -2.17. The highest BCUT2D eigenvalue weighted by molar-refractivity contribution is 5.74. The predicted octanol–water partition coefficient (Wildman–Crippen LogP) is 5.45. The molecule has 2 aromatic rings. The molecule has 0 heterocycles. The average molecular weight is 344 g/mol. The second kappa shape index (κ2) is 6.58. The van der Waals surface area contributed by atoms with Crippen LogP contribution in [0.15, 0.2) is 18.2 Å². The van der Waals surface area contributed by atoms with E-state index in [9.17, 15) is 9.18 Å². The summed E-state index contributed by atoms with van der Waals surface area (Å²) in [5.74, 6) is -2.13. The second-order valence-electron chi connectivity index (χ2n) is 7.06. The van der Waals surface area contributed by atoms with Crippen molar-refractivity contribution in [2.75, 3.05) is 0 Å². The highest BCUT2D eigenvalue weighted by atomic mass is 19.1. The maximum absolute atomic E-state index is 15.2. The number of hydrogen-bond acceptors (Lipinski definition) is 1. The molecular weight excluding hydrogens is 322 g/mol. The highest BCUT2D eigenvalue weighted by Crippen LogP contribution is 2.45. The third kappa shape index (κ3) is 3.44. The Morgan fingerprint density at radius 3 is 2.20 bits per heavy atom. The number of rotatable bonds is 5. The summed E-state index contributed by atoms with van der Waals surface area (Å²) >= 11 is 0. The molecule has 25 heavy (non-hydrogen) atoms. The minimum Gasteiger partial charge on any atom is -0.481 e. The van der Waals surface area contributed by atoms with E-state index in [4.69, 9.17) is 5.11 Å². The minimum absolute atomic E-state index is 0.0961. The number of benzene rings is 2. The molecule has 1 N–H and O–H groups in total. The maximum Gasteiger partial charge on any atom is 0.303 e. The Balaban J connectivity index is 2.21. The van der Waals surface area contributed by atoms with Gasteiger partial charge in [-0.25, -0.2) is 8.78 Å². The van der Waals surface area contributed by atoms with Gasteiger partial charge < -0.3 is 5.11 Å². The summed E-state index contributed by atoms with van der Waals surface area (Å²) in [6, 6.07) is 5.61. The van der Waals surface area contributed by atoms with E-state index in [2.05, 4.69) is 0 Å². The lowest BCUT2D eigenvalue weighted by molar-refractivity contribution is -0.136. The van der Waals surface area contributed by atoms with Gasteiger partial charge in [0.2, 0.25) is 0 Å². The zero-order chi connectivity index (χ0) is 18.3. The van der Waals surface area contributed by atoms with Gasteiger partial charge in [-0.1, -0.05) is 17.7 Å². The molecule has 0 amide bonds. The van der Waals surface area contributed by atoms with Crippen LogP contribution in [0, 0.1) is 32.4 Å². The van der Waals surface area contributed by atoms with Crippen LogP contribution in [-0.4, -0.2) is 11.1 Å². The van der Waals surface area contributed by atoms with E-state index in [0.29, 0.717) is 11.1 Å². The minimum atomic E-state index is -1.06. The smallest absolute Gasteiger partial charge is 0.303 e. The largest absolute Gasteiger partial charge is 0.481 e. The standard InChI is InChI=1S/C21H22F2O2/c1-11-8-12(2)19(13(3)9-11)17-10-16(14-4-5-14)20(22)15(21(17)23)6-7-18(24)25/h8-10,14H,4-7H2,1-3H3,(H,24,25). The Labute approximate surface area is 146 Å². The van der Waals surface area contributed by atoms with Gasteiger partial charge in [-0.2, -0.15) is 0 Å². The van der Waals surface area contributed by atoms with Crippen LogP contribution in [0.5, 0.6) is 0 Å². The molecule has 1 fully saturated rings. The first-order chi connectivity index (χ1) is 11.8. The summed E-state index contributed by atoms with van der Waals surface area (Å²) in [7, 11) is 0. The normalized spacial score (nSPS) is 14.0. The Morgan fingerprint density at radius 1 is 1.08 bits per heavy atom. The van der Waals surface area contributed by atoms with E-state index in [-0.39, 0.29) is 24.3 Å². The van der Waals surface area contributed by atoms with Crippen molar-refractivity contribution >= 4 is 5.97 Å². The first-order valence-electron chi connectivity index (χ1n) is 8.60. The molecule has 3 rings (SSSR count). The monoisotopic (exact) mass is 344 g/mol. The van der Waals surface area contributed by atoms with Crippen LogP contribution in [0.4, 0.5) is 8.78 Å². The summed E-state index contributed by atoms with van der Waals surface area (Å²) < 4.78 is 30.0. The van der Waals surface area contributed by atoms with Gasteiger partial charge in [-0.3, -0.25) is 4.79 Å². The van der Waals surface area contributed by atoms with Gasteiger partial charge in [0, 0.05) is 17.5 Å². The average Bonchev–Trinajstić information content (AvgIpc) is 3.32. The number of carbonyl (C=O) groups is 1. The molecule has 1 saturated carbocycles. The summed E-state index contributed by atoms with van der Waals surface area (Å²) in [6.07, 6.45) is 1.37. The fourth-order valence-electron chi connectivity index (χ4n) is 3.64. The lowest BCUT2D eigenvalue weighted by Crippen LogP contribution is -2.07. The van der Waals surface area contributed by atoms with Crippen molar-refractivity contribution in [3.63, 3.8) is 0 Å². The van der Waals surface area contributed by atoms with Crippen molar-refractivity contribution in [1.29, 1.82) is 0 Å². The van der Waals surface area contributed by atoms with Crippen molar-refractivity contribution in [3.05, 3.63) is 57.7 Å². The summed E-state index contributed by atoms with van der Waals surface area (Å²) in [4.78, 5) is 10.9. The van der Waals surface area contributed by atoms with Gasteiger partial charge in [0.15, 0.2) is 0 Å². The quantitative estimate of drug-likeness (QED) is 0.783. The molecule has 0 saturated heterocycles. The fourth-order valence-corrected chi connectivity index (χ4v) is 3.64. The Morgan fingerprint density at radius 2 is 1.68 bits per heavy atom. The van der Waals surface area contributed by atoms with Gasteiger partial charge in [-0.05, 0) is 74.3 Å². The Bertz CT molecular complexity index is 828. The zero-order valence-electron chi connectivity index (χ0n) is 14.7. The van der Waals surface area contributed by atoms with Gasteiger partial charge in [0.1, 0.15) is 11.6 Å². The van der Waals surface area contributed by atoms with E-state index >= 15 is 4.39 Å². The van der Waals surface area contributed by atoms with Crippen LogP contribution >= 0.6 is 0 Å². The molecule has 0 aliphatic heterocycles. The van der Waals surface area contributed by atoms with Gasteiger partial charge in [-0.15, -0.1) is 0 Å². The van der Waals surface area contributed by atoms with Gasteiger partial charge in [0.05, 0.1) is 0 Å². The molecule has 0 spiro atoms. The molecule has 2 nitrogen and oxygen atoms in total. The molecule has 4 heteroatoms. The van der Waals surface area contributed by atoms with E-state index < -0.39 is 17.6 Å². The van der Waals surface area contributed by atoms with Gasteiger partial charge >= 0.3 is 5.97 Å². The molecule has 0 radical (unpaired) electrons. The van der Waals surface area contributed by atoms with Crippen molar-refractivity contribution in [2.24, 2.45) is 0 Å². The SMILES string of the molecule is Cc1cc(C)c(-c2cc(C3CC3)c(F)c(CCC(=O)O)c2F)c(C)c1. The maximum atomic E-state index is 15.2. The third-order valence-electron chi connectivity index (χ3n) is 4.87. The number of aliphatic carboxylic acids is 1. The van der Waals surface area contributed by atoms with Crippen LogP contribution in [0.3, 0.4) is 0 Å². The van der Waals surface area contributed by atoms with Gasteiger partial charge in [0.25, 0.3) is 0 Å². The first kappa shape index (κ1) is 17.6.